The number of nitrogens with zero attached hydrogens (tertiary/aromatic N) is 6. The molecule has 6 heteroatoms. The van der Waals surface area contributed by atoms with Gasteiger partial charge >= 0.3 is 0 Å². The molecule has 0 saturated carbocycles. The third-order valence-corrected chi connectivity index (χ3v) is 11.0. The molecule has 0 bridgehead atoms. The van der Waals surface area contributed by atoms with Crippen LogP contribution in [0.1, 0.15) is 5.56 Å². The maximum Gasteiger partial charge on any atom is 0.164 e. The molecule has 0 fully saturated rings. The molecule has 11 rings (SSSR count). The van der Waals surface area contributed by atoms with Crippen molar-refractivity contribution < 1.29 is 0 Å². The fourth-order valence-electron chi connectivity index (χ4n) is 8.48. The molecule has 270 valence electrons. The molecule has 0 atom stereocenters. The highest BCUT2D eigenvalue weighted by Crippen LogP contribution is 2.45. The molecule has 0 spiro atoms. The lowest BCUT2D eigenvalue weighted by Crippen LogP contribution is -2.00. The number of hydrogen-bond acceptors (Lipinski definition) is 4. The van der Waals surface area contributed by atoms with Crippen molar-refractivity contribution in [2.75, 3.05) is 0 Å². The van der Waals surface area contributed by atoms with Gasteiger partial charge in [-0.05, 0) is 54.1 Å². The molecule has 0 N–H and O–H groups in total. The third kappa shape index (κ3) is 5.30. The number of para-hydroxylation sites is 3. The normalized spacial score (nSPS) is 11.4. The molecule has 8 aromatic carbocycles. The van der Waals surface area contributed by atoms with Crippen LogP contribution in [0.5, 0.6) is 0 Å². The van der Waals surface area contributed by atoms with E-state index in [1.807, 2.05) is 78.9 Å². The summed E-state index contributed by atoms with van der Waals surface area (Å²) in [6.45, 7) is 0. The van der Waals surface area contributed by atoms with Gasteiger partial charge in [-0.1, -0.05) is 146 Å². The van der Waals surface area contributed by atoms with Crippen LogP contribution in [0.4, 0.5) is 0 Å². The van der Waals surface area contributed by atoms with Crippen LogP contribution in [-0.2, 0) is 0 Å². The second-order valence-corrected chi connectivity index (χ2v) is 14.3. The fourth-order valence-corrected chi connectivity index (χ4v) is 8.48. The van der Waals surface area contributed by atoms with Gasteiger partial charge in [0.05, 0.1) is 33.7 Å². The van der Waals surface area contributed by atoms with Gasteiger partial charge in [0.1, 0.15) is 0 Å². The summed E-state index contributed by atoms with van der Waals surface area (Å²) in [5.41, 5.74) is 11.5. The highest BCUT2D eigenvalue weighted by Gasteiger charge is 2.23. The zero-order valence-corrected chi connectivity index (χ0v) is 31.2. The monoisotopic (exact) mass is 740 g/mol. The van der Waals surface area contributed by atoms with Crippen molar-refractivity contribution in [3.63, 3.8) is 0 Å². The highest BCUT2D eigenvalue weighted by atomic mass is 15.0. The summed E-state index contributed by atoms with van der Waals surface area (Å²) in [5.74, 6) is 1.66. The van der Waals surface area contributed by atoms with E-state index in [0.717, 1.165) is 72.0 Å². The molecular formula is C52H32N6. The summed E-state index contributed by atoms with van der Waals surface area (Å²) in [6, 6.07) is 69.1. The molecule has 58 heavy (non-hydrogen) atoms. The van der Waals surface area contributed by atoms with E-state index >= 15 is 0 Å². The Kier molecular flexibility index (Phi) is 7.76. The van der Waals surface area contributed by atoms with Gasteiger partial charge in [0.15, 0.2) is 17.5 Å². The molecule has 0 aliphatic carbocycles. The minimum atomic E-state index is 0.506. The van der Waals surface area contributed by atoms with Crippen LogP contribution >= 0.6 is 0 Å². The second kappa shape index (κ2) is 13.6. The van der Waals surface area contributed by atoms with E-state index in [2.05, 4.69) is 130 Å². The smallest absolute Gasteiger partial charge is 0.164 e. The zero-order chi connectivity index (χ0) is 38.6. The average molecular weight is 741 g/mol. The highest BCUT2D eigenvalue weighted by molar-refractivity contribution is 6.28. The first-order valence-electron chi connectivity index (χ1n) is 19.3. The molecule has 0 amide bonds. The van der Waals surface area contributed by atoms with E-state index in [0.29, 0.717) is 23.0 Å². The maximum atomic E-state index is 10.8. The van der Waals surface area contributed by atoms with Gasteiger partial charge in [-0.2, -0.15) is 5.26 Å². The number of benzene rings is 8. The Morgan fingerprint density at radius 1 is 0.379 bits per heavy atom. The van der Waals surface area contributed by atoms with Crippen molar-refractivity contribution in [1.29, 1.82) is 5.26 Å². The Balaban J connectivity index is 1.16. The van der Waals surface area contributed by atoms with E-state index in [1.54, 1.807) is 0 Å². The summed E-state index contributed by atoms with van der Waals surface area (Å²) in [6.07, 6.45) is 0. The standard InChI is InChI=1S/C52H32N6/c53-33-37-32-36(52-55-50(34-16-5-1-6-17-34)54-51(56-52)35-18-7-2-8-19-35)28-29-40(37)41-25-15-27-45-47(41)43-30-31-46-48(49(43)58(45)39-22-11-4-12-23-39)42-24-13-14-26-44(42)57(46)38-20-9-3-10-21-38/h1-32H. The van der Waals surface area contributed by atoms with Gasteiger partial charge in [-0.3, -0.25) is 0 Å². The van der Waals surface area contributed by atoms with Gasteiger partial charge in [0, 0.05) is 55.2 Å². The zero-order valence-electron chi connectivity index (χ0n) is 31.2. The minimum absolute atomic E-state index is 0.506. The molecule has 11 aromatic rings. The van der Waals surface area contributed by atoms with Crippen LogP contribution in [0.15, 0.2) is 194 Å². The molecule has 3 aromatic heterocycles. The number of rotatable bonds is 6. The summed E-state index contributed by atoms with van der Waals surface area (Å²) in [7, 11) is 0. The van der Waals surface area contributed by atoms with E-state index in [4.69, 9.17) is 15.0 Å². The Morgan fingerprint density at radius 3 is 1.55 bits per heavy atom. The van der Waals surface area contributed by atoms with E-state index in [-0.39, 0.29) is 0 Å². The van der Waals surface area contributed by atoms with E-state index < -0.39 is 0 Å². The van der Waals surface area contributed by atoms with E-state index in [1.165, 1.54) is 10.8 Å². The van der Waals surface area contributed by atoms with Crippen molar-refractivity contribution in [2.45, 2.75) is 0 Å². The van der Waals surface area contributed by atoms with Crippen LogP contribution in [-0.4, -0.2) is 24.1 Å². The molecule has 0 saturated heterocycles. The molecule has 0 radical (unpaired) electrons. The van der Waals surface area contributed by atoms with Crippen LogP contribution in [0.25, 0.3) is 100 Å². The molecule has 3 heterocycles. The number of fused-ring (bicyclic) bond motifs is 7. The van der Waals surface area contributed by atoms with Crippen molar-refractivity contribution in [3.8, 4) is 62.7 Å². The van der Waals surface area contributed by atoms with Gasteiger partial charge in [-0.15, -0.1) is 0 Å². The van der Waals surface area contributed by atoms with Gasteiger partial charge < -0.3 is 9.13 Å². The van der Waals surface area contributed by atoms with Gasteiger partial charge in [-0.25, -0.2) is 15.0 Å². The topological polar surface area (TPSA) is 72.3 Å². The van der Waals surface area contributed by atoms with E-state index in [9.17, 15) is 5.26 Å². The predicted octanol–water partition coefficient (Wildman–Crippen LogP) is 12.6. The quantitative estimate of drug-likeness (QED) is 0.170. The largest absolute Gasteiger partial charge is 0.309 e. The Morgan fingerprint density at radius 2 is 0.914 bits per heavy atom. The Labute approximate surface area is 334 Å². The first-order valence-corrected chi connectivity index (χ1v) is 19.3. The summed E-state index contributed by atoms with van der Waals surface area (Å²) in [5, 5.41) is 15.4. The van der Waals surface area contributed by atoms with Crippen LogP contribution in [0.2, 0.25) is 0 Å². The lowest BCUT2D eigenvalue weighted by Gasteiger charge is -2.12. The van der Waals surface area contributed by atoms with Crippen LogP contribution in [0, 0.1) is 11.3 Å². The van der Waals surface area contributed by atoms with Crippen molar-refractivity contribution >= 4 is 43.6 Å². The number of hydrogen-bond donors (Lipinski definition) is 0. The van der Waals surface area contributed by atoms with Crippen molar-refractivity contribution in [2.24, 2.45) is 0 Å². The molecule has 6 nitrogen and oxygen atoms in total. The van der Waals surface area contributed by atoms with Crippen molar-refractivity contribution in [3.05, 3.63) is 200 Å². The van der Waals surface area contributed by atoms with Crippen LogP contribution < -0.4 is 0 Å². The molecule has 0 unspecified atom stereocenters. The Hall–Kier alpha value is -8.14. The second-order valence-electron chi connectivity index (χ2n) is 14.3. The molecule has 0 aliphatic heterocycles. The first-order chi connectivity index (χ1) is 28.7. The fraction of sp³-hybridized carbons (Fsp3) is 0. The first kappa shape index (κ1) is 33.2. The average Bonchev–Trinajstić information content (AvgIpc) is 3.83. The minimum Gasteiger partial charge on any atom is -0.309 e. The molecule has 0 aliphatic rings. The van der Waals surface area contributed by atoms with Crippen LogP contribution in [0.3, 0.4) is 0 Å². The lowest BCUT2D eigenvalue weighted by molar-refractivity contribution is 1.07. The SMILES string of the molecule is N#Cc1cc(-c2nc(-c3ccccc3)nc(-c3ccccc3)n2)ccc1-c1cccc2c1c1ccc3c(c4ccccc4n3-c3ccccc3)c1n2-c1ccccc1. The summed E-state index contributed by atoms with van der Waals surface area (Å²) < 4.78 is 4.75. The maximum absolute atomic E-state index is 10.8. The lowest BCUT2D eigenvalue weighted by atomic mass is 9.94. The third-order valence-electron chi connectivity index (χ3n) is 11.0. The van der Waals surface area contributed by atoms with Gasteiger partial charge in [0.2, 0.25) is 0 Å². The number of nitriles is 1. The van der Waals surface area contributed by atoms with Gasteiger partial charge in [0.25, 0.3) is 0 Å². The predicted molar refractivity (Wildman–Crippen MR) is 235 cm³/mol. The summed E-state index contributed by atoms with van der Waals surface area (Å²) >= 11 is 0. The van der Waals surface area contributed by atoms with Crippen molar-refractivity contribution in [1.82, 2.24) is 24.1 Å². The molecular weight excluding hydrogens is 709 g/mol. The Bertz CT molecular complexity index is 3320. The summed E-state index contributed by atoms with van der Waals surface area (Å²) in [4.78, 5) is 14.8. The number of aromatic nitrogens is 5.